The van der Waals surface area contributed by atoms with Crippen molar-refractivity contribution in [1.29, 1.82) is 5.26 Å². The molecular formula is C26H25ClN6O2. The van der Waals surface area contributed by atoms with Gasteiger partial charge in [0, 0.05) is 50.0 Å². The molecule has 178 valence electrons. The van der Waals surface area contributed by atoms with Crippen molar-refractivity contribution < 1.29 is 4.79 Å². The highest BCUT2D eigenvalue weighted by Crippen LogP contribution is 2.26. The number of halogens is 1. The van der Waals surface area contributed by atoms with Gasteiger partial charge in [-0.1, -0.05) is 17.7 Å². The monoisotopic (exact) mass is 488 g/mol. The lowest BCUT2D eigenvalue weighted by molar-refractivity contribution is -0.119. The summed E-state index contributed by atoms with van der Waals surface area (Å²) >= 11 is 6.09. The zero-order valence-electron chi connectivity index (χ0n) is 19.7. The van der Waals surface area contributed by atoms with Crippen LogP contribution in [0.2, 0.25) is 5.15 Å². The first kappa shape index (κ1) is 24.2. The predicted octanol–water partition coefficient (Wildman–Crippen LogP) is 3.79. The quantitative estimate of drug-likeness (QED) is 0.378. The summed E-state index contributed by atoms with van der Waals surface area (Å²) < 4.78 is 3.29. The maximum absolute atomic E-state index is 12.8. The Morgan fingerprint density at radius 1 is 1.23 bits per heavy atom. The first-order valence-electron chi connectivity index (χ1n) is 11.2. The van der Waals surface area contributed by atoms with Crippen LogP contribution >= 0.6 is 11.6 Å². The van der Waals surface area contributed by atoms with E-state index in [1.54, 1.807) is 41.7 Å². The number of aryl methyl sites for hydroxylation is 3. The summed E-state index contributed by atoms with van der Waals surface area (Å²) in [4.78, 5) is 29.4. The predicted molar refractivity (Wildman–Crippen MR) is 136 cm³/mol. The summed E-state index contributed by atoms with van der Waals surface area (Å²) in [7, 11) is 3.56. The summed E-state index contributed by atoms with van der Waals surface area (Å²) in [5.41, 5.74) is 4.23. The molecular weight excluding hydrogens is 464 g/mol. The number of hydrogen-bond acceptors (Lipinski definition) is 6. The molecule has 9 heteroatoms. The highest BCUT2D eigenvalue weighted by molar-refractivity contribution is 6.30. The second kappa shape index (κ2) is 10.1. The zero-order chi connectivity index (χ0) is 25.1. The number of anilines is 1. The third kappa shape index (κ3) is 5.26. The average Bonchev–Trinajstić information content (AvgIpc) is 3.26. The van der Waals surface area contributed by atoms with Crippen molar-refractivity contribution in [1.82, 2.24) is 19.3 Å². The number of rotatable bonds is 8. The van der Waals surface area contributed by atoms with E-state index in [-0.39, 0.29) is 16.5 Å². The van der Waals surface area contributed by atoms with Gasteiger partial charge in [0.25, 0.3) is 5.56 Å². The molecule has 35 heavy (non-hydrogen) atoms. The van der Waals surface area contributed by atoms with Gasteiger partial charge in [-0.15, -0.1) is 0 Å². The molecule has 0 aliphatic heterocycles. The first-order valence-corrected chi connectivity index (χ1v) is 11.6. The summed E-state index contributed by atoms with van der Waals surface area (Å²) in [6.45, 7) is 1.80. The molecule has 0 bridgehead atoms. The van der Waals surface area contributed by atoms with E-state index in [2.05, 4.69) is 21.5 Å². The lowest BCUT2D eigenvalue weighted by Gasteiger charge is -2.18. The van der Waals surface area contributed by atoms with E-state index >= 15 is 0 Å². The summed E-state index contributed by atoms with van der Waals surface area (Å²) in [5, 5.41) is 17.8. The number of nitrogens with zero attached hydrogens (tertiary/aromatic N) is 5. The third-order valence-electron chi connectivity index (χ3n) is 6.08. The molecule has 0 aliphatic carbocycles. The number of nitrogens with one attached hydrogen (secondary N) is 1. The molecule has 4 aromatic rings. The highest BCUT2D eigenvalue weighted by atomic mass is 35.5. The van der Waals surface area contributed by atoms with Crippen LogP contribution in [0.4, 0.5) is 5.69 Å². The summed E-state index contributed by atoms with van der Waals surface area (Å²) in [5.74, 6) is 0.0453. The van der Waals surface area contributed by atoms with Gasteiger partial charge in [-0.05, 0) is 54.7 Å². The van der Waals surface area contributed by atoms with Crippen molar-refractivity contribution in [2.45, 2.75) is 32.2 Å². The molecule has 1 aromatic carbocycles. The molecule has 4 rings (SSSR count). The van der Waals surface area contributed by atoms with Crippen LogP contribution < -0.4 is 10.9 Å². The SMILES string of the molecule is C[C@@H](Nc1cc(=O)n(C)c2ccc(Cc3ccnc(Cl)c3C#N)cc12)C(=O)CCc1cnn(C)c1. The molecule has 0 fully saturated rings. The van der Waals surface area contributed by atoms with Gasteiger partial charge < -0.3 is 9.88 Å². The van der Waals surface area contributed by atoms with E-state index < -0.39 is 6.04 Å². The van der Waals surface area contributed by atoms with Gasteiger partial charge in [-0.2, -0.15) is 10.4 Å². The van der Waals surface area contributed by atoms with Gasteiger partial charge in [0.1, 0.15) is 11.2 Å². The van der Waals surface area contributed by atoms with E-state index in [4.69, 9.17) is 11.6 Å². The van der Waals surface area contributed by atoms with Crippen molar-refractivity contribution >= 4 is 34.0 Å². The molecule has 0 saturated heterocycles. The van der Waals surface area contributed by atoms with Crippen LogP contribution in [0.15, 0.2) is 53.7 Å². The number of benzene rings is 1. The molecule has 0 unspecified atom stereocenters. The summed E-state index contributed by atoms with van der Waals surface area (Å²) in [6, 6.07) is 10.7. The van der Waals surface area contributed by atoms with E-state index in [0.29, 0.717) is 30.5 Å². The maximum Gasteiger partial charge on any atom is 0.252 e. The Labute approximate surface area is 207 Å². The van der Waals surface area contributed by atoms with Gasteiger partial charge in [-0.25, -0.2) is 4.98 Å². The molecule has 1 atom stereocenters. The molecule has 0 amide bonds. The van der Waals surface area contributed by atoms with Crippen LogP contribution in [0, 0.1) is 11.3 Å². The number of carbonyl (C=O) groups excluding carboxylic acids is 1. The standard InChI is InChI=1S/C26H25ClN6O2/c1-16(24(34)7-5-18-14-30-32(2)15-18)31-22-12-25(35)33(3)23-6-4-17(11-20(22)23)10-19-8-9-29-26(27)21(19)13-28/h4,6,8-9,11-12,14-16,31H,5,7,10H2,1-3H3/t16-/m1/s1. The number of ketones is 1. The largest absolute Gasteiger partial charge is 0.375 e. The van der Waals surface area contributed by atoms with E-state index in [0.717, 1.165) is 27.6 Å². The molecule has 1 N–H and O–H groups in total. The third-order valence-corrected chi connectivity index (χ3v) is 6.37. The van der Waals surface area contributed by atoms with Crippen molar-refractivity contribution in [3.63, 3.8) is 0 Å². The molecule has 3 aromatic heterocycles. The number of pyridine rings is 2. The fraction of sp³-hybridized carbons (Fsp3) is 0.269. The number of hydrogen-bond donors (Lipinski definition) is 1. The number of nitriles is 1. The molecule has 0 saturated carbocycles. The minimum atomic E-state index is -0.477. The Balaban J connectivity index is 1.61. The molecule has 0 aliphatic rings. The second-order valence-corrected chi connectivity index (χ2v) is 8.94. The highest BCUT2D eigenvalue weighted by Gasteiger charge is 2.17. The topological polar surface area (TPSA) is 106 Å². The Bertz CT molecular complexity index is 1510. The Morgan fingerprint density at radius 2 is 2.03 bits per heavy atom. The van der Waals surface area contributed by atoms with Crippen LogP contribution in [0.25, 0.3) is 10.9 Å². The minimum Gasteiger partial charge on any atom is -0.375 e. The number of Topliss-reactive ketones (excluding diaryl/α,β-unsaturated/α-hetero) is 1. The fourth-order valence-electron chi connectivity index (χ4n) is 4.09. The van der Waals surface area contributed by atoms with Crippen molar-refractivity contribution in [2.24, 2.45) is 14.1 Å². The maximum atomic E-state index is 12.8. The van der Waals surface area contributed by atoms with Crippen LogP contribution in [-0.2, 0) is 31.7 Å². The van der Waals surface area contributed by atoms with Gasteiger partial charge in [-0.3, -0.25) is 14.3 Å². The molecule has 0 spiro atoms. The number of aromatic nitrogens is 4. The van der Waals surface area contributed by atoms with Crippen molar-refractivity contribution in [3.05, 3.63) is 86.7 Å². The lowest BCUT2D eigenvalue weighted by Crippen LogP contribution is -2.28. The Hall–Kier alpha value is -3.96. The van der Waals surface area contributed by atoms with Gasteiger partial charge >= 0.3 is 0 Å². The number of carbonyl (C=O) groups is 1. The minimum absolute atomic E-state index is 0.0453. The van der Waals surface area contributed by atoms with Crippen LogP contribution in [-0.4, -0.2) is 31.2 Å². The van der Waals surface area contributed by atoms with Crippen LogP contribution in [0.3, 0.4) is 0 Å². The normalized spacial score (nSPS) is 11.9. The van der Waals surface area contributed by atoms with Gasteiger partial charge in [0.2, 0.25) is 0 Å². The Morgan fingerprint density at radius 3 is 2.74 bits per heavy atom. The first-order chi connectivity index (χ1) is 16.8. The van der Waals surface area contributed by atoms with Gasteiger partial charge in [0.05, 0.1) is 23.3 Å². The smallest absolute Gasteiger partial charge is 0.252 e. The molecule has 8 nitrogen and oxygen atoms in total. The van der Waals surface area contributed by atoms with E-state index in [9.17, 15) is 14.9 Å². The van der Waals surface area contributed by atoms with Crippen molar-refractivity contribution in [2.75, 3.05) is 5.32 Å². The van der Waals surface area contributed by atoms with Crippen LogP contribution in [0.5, 0.6) is 0 Å². The zero-order valence-corrected chi connectivity index (χ0v) is 20.5. The van der Waals surface area contributed by atoms with E-state index in [1.165, 1.54) is 6.07 Å². The van der Waals surface area contributed by atoms with Gasteiger partial charge in [0.15, 0.2) is 5.78 Å². The van der Waals surface area contributed by atoms with Crippen molar-refractivity contribution in [3.8, 4) is 6.07 Å². The number of fused-ring (bicyclic) bond motifs is 1. The molecule has 0 radical (unpaired) electrons. The fourth-order valence-corrected chi connectivity index (χ4v) is 4.31. The Kier molecular flexibility index (Phi) is 6.99. The lowest BCUT2D eigenvalue weighted by atomic mass is 9.99. The average molecular weight is 489 g/mol. The second-order valence-electron chi connectivity index (χ2n) is 8.59. The molecule has 3 heterocycles. The van der Waals surface area contributed by atoms with Crippen LogP contribution in [0.1, 0.15) is 35.6 Å². The summed E-state index contributed by atoms with van der Waals surface area (Å²) in [6.07, 6.45) is 6.69. The van der Waals surface area contributed by atoms with E-state index in [1.807, 2.05) is 31.4 Å².